The van der Waals surface area contributed by atoms with Crippen molar-refractivity contribution < 1.29 is 24.2 Å². The molecule has 0 spiro atoms. The van der Waals surface area contributed by atoms with Crippen molar-refractivity contribution in [2.45, 2.75) is 31.6 Å². The maximum absolute atomic E-state index is 13.7. The fraction of sp³-hybridized carbons (Fsp3) is 0.135. The lowest BCUT2D eigenvalue weighted by atomic mass is 9.95. The van der Waals surface area contributed by atoms with Crippen LogP contribution >= 0.6 is 0 Å². The highest BCUT2D eigenvalue weighted by molar-refractivity contribution is 5.97. The number of rotatable bonds is 11. The molecule has 2 N–H and O–H groups in total. The van der Waals surface area contributed by atoms with E-state index in [1.807, 2.05) is 115 Å². The minimum absolute atomic E-state index is 0.0811. The molecule has 0 aromatic heterocycles. The maximum atomic E-state index is 13.7. The van der Waals surface area contributed by atoms with E-state index in [2.05, 4.69) is 5.32 Å². The molecule has 0 fully saturated rings. The third kappa shape index (κ3) is 6.28. The maximum Gasteiger partial charge on any atom is 0.326 e. The molecular weight excluding hydrogens is 538 g/mol. The highest BCUT2D eigenvalue weighted by Gasteiger charge is 2.35. The average Bonchev–Trinajstić information content (AvgIpc) is 3.38. The lowest BCUT2D eigenvalue weighted by Crippen LogP contribution is -2.44. The summed E-state index contributed by atoms with van der Waals surface area (Å²) in [6.07, 6.45) is 0.0811. The van der Waals surface area contributed by atoms with Gasteiger partial charge in [0.25, 0.3) is 0 Å². The van der Waals surface area contributed by atoms with Gasteiger partial charge in [-0.15, -0.1) is 0 Å². The summed E-state index contributed by atoms with van der Waals surface area (Å²) in [4.78, 5) is 26.1. The largest absolute Gasteiger partial charge is 0.485 e. The Hall–Kier alpha value is -5.36. The number of carbonyl (C=O) groups is 2. The van der Waals surface area contributed by atoms with Crippen molar-refractivity contribution in [2.24, 2.45) is 0 Å². The van der Waals surface area contributed by atoms with Crippen LogP contribution in [0, 0.1) is 0 Å². The Kier molecular flexibility index (Phi) is 8.18. The van der Waals surface area contributed by atoms with E-state index in [1.165, 1.54) is 0 Å². The van der Waals surface area contributed by atoms with Gasteiger partial charge in [0.15, 0.2) is 11.5 Å². The van der Waals surface area contributed by atoms with Crippen molar-refractivity contribution in [3.63, 3.8) is 0 Å². The van der Waals surface area contributed by atoms with Crippen LogP contribution in [0.2, 0.25) is 0 Å². The molecule has 1 aliphatic carbocycles. The molecule has 0 unspecified atom stereocenters. The molecule has 0 radical (unpaired) electrons. The third-order valence-electron chi connectivity index (χ3n) is 7.63. The second-order valence-corrected chi connectivity index (χ2v) is 10.5. The number of carbonyl (C=O) groups excluding carboxylic acids is 1. The minimum atomic E-state index is -1.13. The van der Waals surface area contributed by atoms with Gasteiger partial charge in [-0.1, -0.05) is 115 Å². The van der Waals surface area contributed by atoms with E-state index >= 15 is 0 Å². The van der Waals surface area contributed by atoms with Gasteiger partial charge < -0.3 is 19.9 Å². The SMILES string of the molecule is O=C(N[C@H](Cc1ccc(OCc2ccccc2)c(OCc2ccccc2)c1)C(=O)O)C1c2ccccc2-c2ccccc21. The normalized spacial score (nSPS) is 12.6. The quantitative estimate of drug-likeness (QED) is 0.183. The number of nitrogens with one attached hydrogen (secondary N) is 1. The van der Waals surface area contributed by atoms with Crippen LogP contribution in [0.1, 0.15) is 33.7 Å². The summed E-state index contributed by atoms with van der Waals surface area (Å²) in [7, 11) is 0. The Morgan fingerprint density at radius 3 is 1.70 bits per heavy atom. The van der Waals surface area contributed by atoms with Gasteiger partial charge in [0.1, 0.15) is 19.3 Å². The number of fused-ring (bicyclic) bond motifs is 3. The molecule has 0 aliphatic heterocycles. The first kappa shape index (κ1) is 27.8. The molecule has 5 aromatic carbocycles. The first-order valence-corrected chi connectivity index (χ1v) is 14.2. The zero-order chi connectivity index (χ0) is 29.6. The van der Waals surface area contributed by atoms with Crippen LogP contribution in [0.3, 0.4) is 0 Å². The molecule has 6 rings (SSSR count). The van der Waals surface area contributed by atoms with Crippen LogP contribution < -0.4 is 14.8 Å². The number of amides is 1. The van der Waals surface area contributed by atoms with Crippen LogP contribution in [-0.4, -0.2) is 23.0 Å². The fourth-order valence-electron chi connectivity index (χ4n) is 5.51. The molecule has 0 heterocycles. The molecule has 0 saturated carbocycles. The van der Waals surface area contributed by atoms with E-state index in [0.29, 0.717) is 30.3 Å². The molecule has 1 aliphatic rings. The number of hydrogen-bond donors (Lipinski definition) is 2. The molecule has 43 heavy (non-hydrogen) atoms. The first-order valence-electron chi connectivity index (χ1n) is 14.2. The number of carboxylic acid groups (broad SMARTS) is 1. The highest BCUT2D eigenvalue weighted by atomic mass is 16.5. The van der Waals surface area contributed by atoms with Gasteiger partial charge in [-0.3, -0.25) is 4.79 Å². The zero-order valence-corrected chi connectivity index (χ0v) is 23.5. The number of ether oxygens (including phenoxy) is 2. The van der Waals surface area contributed by atoms with Gasteiger partial charge >= 0.3 is 5.97 Å². The van der Waals surface area contributed by atoms with Crippen molar-refractivity contribution >= 4 is 11.9 Å². The molecule has 6 nitrogen and oxygen atoms in total. The summed E-state index contributed by atoms with van der Waals surface area (Å²) in [6.45, 7) is 0.686. The van der Waals surface area contributed by atoms with Crippen molar-refractivity contribution in [1.82, 2.24) is 5.32 Å². The van der Waals surface area contributed by atoms with Gasteiger partial charge in [0, 0.05) is 6.42 Å². The van der Waals surface area contributed by atoms with Gasteiger partial charge in [0.2, 0.25) is 5.91 Å². The zero-order valence-electron chi connectivity index (χ0n) is 23.5. The second-order valence-electron chi connectivity index (χ2n) is 10.5. The van der Waals surface area contributed by atoms with E-state index in [-0.39, 0.29) is 12.3 Å². The predicted molar refractivity (Wildman–Crippen MR) is 165 cm³/mol. The Bertz CT molecular complexity index is 1690. The summed E-state index contributed by atoms with van der Waals surface area (Å²) < 4.78 is 12.3. The lowest BCUT2D eigenvalue weighted by Gasteiger charge is -2.20. The second kappa shape index (κ2) is 12.7. The summed E-state index contributed by atoms with van der Waals surface area (Å²) in [5.74, 6) is -0.963. The Morgan fingerprint density at radius 1 is 0.628 bits per heavy atom. The number of hydrogen-bond acceptors (Lipinski definition) is 4. The van der Waals surface area contributed by atoms with Gasteiger partial charge in [-0.05, 0) is 51.1 Å². The predicted octanol–water partition coefficient (Wildman–Crippen LogP) is 6.77. The number of benzene rings is 5. The van der Waals surface area contributed by atoms with E-state index in [0.717, 1.165) is 33.4 Å². The average molecular weight is 570 g/mol. The minimum Gasteiger partial charge on any atom is -0.485 e. The number of carboxylic acids is 1. The summed E-state index contributed by atoms with van der Waals surface area (Å²) >= 11 is 0. The smallest absolute Gasteiger partial charge is 0.326 e. The highest BCUT2D eigenvalue weighted by Crippen LogP contribution is 2.44. The van der Waals surface area contributed by atoms with E-state index in [9.17, 15) is 14.7 Å². The standard InChI is InChI=1S/C37H31NO5/c39-36(35-30-17-9-7-15-28(30)29-16-8-10-18-31(29)35)38-32(37(40)41)21-27-19-20-33(42-23-25-11-3-1-4-12-25)34(22-27)43-24-26-13-5-2-6-14-26/h1-20,22,32,35H,21,23-24H2,(H,38,39)(H,40,41)/t32-/m1/s1. The van der Waals surface area contributed by atoms with Crippen molar-refractivity contribution in [3.8, 4) is 22.6 Å². The van der Waals surface area contributed by atoms with E-state index in [1.54, 1.807) is 12.1 Å². The van der Waals surface area contributed by atoms with Crippen LogP contribution in [0.25, 0.3) is 11.1 Å². The van der Waals surface area contributed by atoms with Gasteiger partial charge in [0.05, 0.1) is 5.92 Å². The Labute approximate surface area is 250 Å². The van der Waals surface area contributed by atoms with E-state index < -0.39 is 17.9 Å². The van der Waals surface area contributed by atoms with Crippen molar-refractivity contribution in [3.05, 3.63) is 155 Å². The molecule has 214 valence electrons. The monoisotopic (exact) mass is 569 g/mol. The van der Waals surface area contributed by atoms with Crippen LogP contribution in [0.5, 0.6) is 11.5 Å². The topological polar surface area (TPSA) is 84.9 Å². The third-order valence-corrected chi connectivity index (χ3v) is 7.63. The van der Waals surface area contributed by atoms with Crippen LogP contribution in [-0.2, 0) is 29.2 Å². The van der Waals surface area contributed by atoms with Crippen LogP contribution in [0.4, 0.5) is 0 Å². The number of aliphatic carboxylic acids is 1. The molecular formula is C37H31NO5. The Morgan fingerprint density at radius 2 is 1.14 bits per heavy atom. The molecule has 0 saturated heterocycles. The first-order chi connectivity index (χ1) is 21.1. The van der Waals surface area contributed by atoms with Crippen molar-refractivity contribution in [1.29, 1.82) is 0 Å². The van der Waals surface area contributed by atoms with Gasteiger partial charge in [-0.2, -0.15) is 0 Å². The fourth-order valence-corrected chi connectivity index (χ4v) is 5.51. The molecule has 0 bridgehead atoms. The molecule has 5 aromatic rings. The van der Waals surface area contributed by atoms with Crippen molar-refractivity contribution in [2.75, 3.05) is 0 Å². The summed E-state index contributed by atoms with van der Waals surface area (Å²) in [5.41, 5.74) is 6.46. The molecule has 6 heteroatoms. The van der Waals surface area contributed by atoms with Gasteiger partial charge in [-0.25, -0.2) is 4.79 Å². The Balaban J connectivity index is 1.22. The summed E-state index contributed by atoms with van der Waals surface area (Å²) in [5, 5.41) is 12.9. The lowest BCUT2D eigenvalue weighted by molar-refractivity contribution is -0.141. The van der Waals surface area contributed by atoms with Crippen LogP contribution in [0.15, 0.2) is 127 Å². The molecule has 1 amide bonds. The van der Waals surface area contributed by atoms with E-state index in [4.69, 9.17) is 9.47 Å². The summed E-state index contributed by atoms with van der Waals surface area (Å²) in [6, 6.07) is 39.4. The molecule has 1 atom stereocenters.